The Labute approximate surface area is 95.3 Å². The standard InChI is InChI=1S/C12H18N2O2/c1-14(11-3-2-8-13-11)12(16)9-4-6-10(15)7-5-9/h2-3,8-10,13,15H,4-7H2,1H3. The maximum absolute atomic E-state index is 12.1. The average molecular weight is 222 g/mol. The minimum Gasteiger partial charge on any atom is -0.393 e. The lowest BCUT2D eigenvalue weighted by Crippen LogP contribution is -2.35. The molecule has 0 aliphatic heterocycles. The van der Waals surface area contributed by atoms with Crippen molar-refractivity contribution < 1.29 is 9.90 Å². The van der Waals surface area contributed by atoms with Gasteiger partial charge in [-0.05, 0) is 37.8 Å². The van der Waals surface area contributed by atoms with Crippen LogP contribution in [0.4, 0.5) is 5.82 Å². The second-order valence-electron chi connectivity index (χ2n) is 4.46. The zero-order valence-corrected chi connectivity index (χ0v) is 9.52. The number of aliphatic hydroxyl groups is 1. The highest BCUT2D eigenvalue weighted by Crippen LogP contribution is 2.26. The van der Waals surface area contributed by atoms with Crippen LogP contribution in [0.1, 0.15) is 25.7 Å². The van der Waals surface area contributed by atoms with Crippen LogP contribution in [0.5, 0.6) is 0 Å². The summed E-state index contributed by atoms with van der Waals surface area (Å²) in [5, 5.41) is 9.40. The lowest BCUT2D eigenvalue weighted by Gasteiger charge is -2.27. The third-order valence-electron chi connectivity index (χ3n) is 3.32. The molecule has 0 bridgehead atoms. The molecule has 1 heterocycles. The molecule has 0 aromatic carbocycles. The molecule has 1 amide bonds. The van der Waals surface area contributed by atoms with Crippen molar-refractivity contribution in [1.29, 1.82) is 0 Å². The Morgan fingerprint density at radius 2 is 2.12 bits per heavy atom. The normalized spacial score (nSPS) is 25.4. The second kappa shape index (κ2) is 4.70. The molecule has 1 fully saturated rings. The molecule has 4 heteroatoms. The second-order valence-corrected chi connectivity index (χ2v) is 4.46. The minimum atomic E-state index is -0.208. The number of carbonyl (C=O) groups is 1. The van der Waals surface area contributed by atoms with Gasteiger partial charge >= 0.3 is 0 Å². The van der Waals surface area contributed by atoms with E-state index in [-0.39, 0.29) is 17.9 Å². The number of aromatic amines is 1. The fourth-order valence-corrected chi connectivity index (χ4v) is 2.24. The molecule has 16 heavy (non-hydrogen) atoms. The van der Waals surface area contributed by atoms with Crippen LogP contribution in [-0.4, -0.2) is 29.1 Å². The number of anilines is 1. The van der Waals surface area contributed by atoms with Crippen molar-refractivity contribution in [3.05, 3.63) is 18.3 Å². The molecule has 1 aromatic rings. The van der Waals surface area contributed by atoms with Gasteiger partial charge in [0.25, 0.3) is 0 Å². The predicted molar refractivity (Wildman–Crippen MR) is 62.2 cm³/mol. The summed E-state index contributed by atoms with van der Waals surface area (Å²) in [6.45, 7) is 0. The van der Waals surface area contributed by atoms with Gasteiger partial charge in [0.05, 0.1) is 6.10 Å². The fraction of sp³-hybridized carbons (Fsp3) is 0.583. The van der Waals surface area contributed by atoms with E-state index in [1.807, 2.05) is 18.3 Å². The van der Waals surface area contributed by atoms with Crippen molar-refractivity contribution in [2.45, 2.75) is 31.8 Å². The van der Waals surface area contributed by atoms with Crippen molar-refractivity contribution in [2.24, 2.45) is 5.92 Å². The molecule has 0 spiro atoms. The van der Waals surface area contributed by atoms with E-state index in [4.69, 9.17) is 0 Å². The van der Waals surface area contributed by atoms with E-state index < -0.39 is 0 Å². The molecule has 2 N–H and O–H groups in total. The van der Waals surface area contributed by atoms with Gasteiger partial charge in [-0.1, -0.05) is 0 Å². The Hall–Kier alpha value is -1.29. The van der Waals surface area contributed by atoms with Gasteiger partial charge in [-0.3, -0.25) is 4.79 Å². The number of rotatable bonds is 2. The summed E-state index contributed by atoms with van der Waals surface area (Å²) in [5.41, 5.74) is 0. The summed E-state index contributed by atoms with van der Waals surface area (Å²) in [6, 6.07) is 3.76. The number of hydrogen-bond donors (Lipinski definition) is 2. The van der Waals surface area contributed by atoms with Crippen molar-refractivity contribution in [1.82, 2.24) is 4.98 Å². The van der Waals surface area contributed by atoms with E-state index in [9.17, 15) is 9.90 Å². The molecule has 1 aliphatic rings. The first kappa shape index (κ1) is 11.2. The molecule has 2 rings (SSSR count). The highest BCUT2D eigenvalue weighted by Gasteiger charge is 2.27. The van der Waals surface area contributed by atoms with Crippen LogP contribution < -0.4 is 4.90 Å². The molecule has 0 radical (unpaired) electrons. The first-order chi connectivity index (χ1) is 7.68. The predicted octanol–water partition coefficient (Wildman–Crippen LogP) is 1.53. The van der Waals surface area contributed by atoms with E-state index >= 15 is 0 Å². The first-order valence-electron chi connectivity index (χ1n) is 5.77. The van der Waals surface area contributed by atoms with Crippen molar-refractivity contribution >= 4 is 11.7 Å². The molecule has 1 aromatic heterocycles. The summed E-state index contributed by atoms with van der Waals surface area (Å²) in [5.74, 6) is 1.04. The minimum absolute atomic E-state index is 0.0664. The number of aromatic nitrogens is 1. The maximum Gasteiger partial charge on any atom is 0.230 e. The number of nitrogens with zero attached hydrogens (tertiary/aromatic N) is 1. The van der Waals surface area contributed by atoms with Crippen LogP contribution in [0.3, 0.4) is 0 Å². The summed E-state index contributed by atoms with van der Waals surface area (Å²) in [4.78, 5) is 16.8. The van der Waals surface area contributed by atoms with Crippen molar-refractivity contribution in [3.8, 4) is 0 Å². The molecule has 0 atom stereocenters. The topological polar surface area (TPSA) is 56.3 Å². The molecule has 0 unspecified atom stereocenters. The largest absolute Gasteiger partial charge is 0.393 e. The summed E-state index contributed by atoms with van der Waals surface area (Å²) >= 11 is 0. The Morgan fingerprint density at radius 1 is 1.44 bits per heavy atom. The highest BCUT2D eigenvalue weighted by molar-refractivity contribution is 5.93. The Balaban J connectivity index is 1.97. The smallest absolute Gasteiger partial charge is 0.230 e. The van der Waals surface area contributed by atoms with E-state index in [0.717, 1.165) is 31.5 Å². The van der Waals surface area contributed by atoms with E-state index in [1.54, 1.807) is 11.9 Å². The monoisotopic (exact) mass is 222 g/mol. The van der Waals surface area contributed by atoms with Gasteiger partial charge in [0.1, 0.15) is 5.82 Å². The Kier molecular flexibility index (Phi) is 3.29. The number of hydrogen-bond acceptors (Lipinski definition) is 2. The SMILES string of the molecule is CN(C(=O)C1CCC(O)CC1)c1ccc[nH]1. The average Bonchev–Trinajstić information content (AvgIpc) is 2.81. The van der Waals surface area contributed by atoms with Crippen LogP contribution in [0.25, 0.3) is 0 Å². The fourth-order valence-electron chi connectivity index (χ4n) is 2.24. The van der Waals surface area contributed by atoms with Gasteiger partial charge in [-0.2, -0.15) is 0 Å². The van der Waals surface area contributed by atoms with Gasteiger partial charge in [0.15, 0.2) is 0 Å². The molecule has 1 saturated carbocycles. The summed E-state index contributed by atoms with van der Waals surface area (Å²) in [6.07, 6.45) is 4.68. The lowest BCUT2D eigenvalue weighted by molar-refractivity contribution is -0.123. The van der Waals surface area contributed by atoms with E-state index in [2.05, 4.69) is 4.98 Å². The van der Waals surface area contributed by atoms with Gasteiger partial charge in [0, 0.05) is 19.2 Å². The van der Waals surface area contributed by atoms with Crippen molar-refractivity contribution in [2.75, 3.05) is 11.9 Å². The molecule has 88 valence electrons. The first-order valence-corrected chi connectivity index (χ1v) is 5.77. The van der Waals surface area contributed by atoms with Crippen LogP contribution in [0, 0.1) is 5.92 Å². The Morgan fingerprint density at radius 3 is 2.69 bits per heavy atom. The van der Waals surface area contributed by atoms with E-state index in [0.29, 0.717) is 0 Å². The number of carbonyl (C=O) groups excluding carboxylic acids is 1. The maximum atomic E-state index is 12.1. The quantitative estimate of drug-likeness (QED) is 0.797. The number of aliphatic hydroxyl groups excluding tert-OH is 1. The zero-order chi connectivity index (χ0) is 11.5. The molecular weight excluding hydrogens is 204 g/mol. The highest BCUT2D eigenvalue weighted by atomic mass is 16.3. The van der Waals surface area contributed by atoms with Gasteiger partial charge in [0.2, 0.25) is 5.91 Å². The molecule has 4 nitrogen and oxygen atoms in total. The molecular formula is C12H18N2O2. The molecule has 0 saturated heterocycles. The summed E-state index contributed by atoms with van der Waals surface area (Å²) in [7, 11) is 1.79. The zero-order valence-electron chi connectivity index (χ0n) is 9.52. The third kappa shape index (κ3) is 2.27. The van der Waals surface area contributed by atoms with Crippen LogP contribution >= 0.6 is 0 Å². The molecule has 1 aliphatic carbocycles. The Bertz CT molecular complexity index is 340. The van der Waals surface area contributed by atoms with Gasteiger partial charge < -0.3 is 15.0 Å². The van der Waals surface area contributed by atoms with Gasteiger partial charge in [-0.25, -0.2) is 0 Å². The van der Waals surface area contributed by atoms with Crippen molar-refractivity contribution in [3.63, 3.8) is 0 Å². The van der Waals surface area contributed by atoms with Crippen LogP contribution in [0.2, 0.25) is 0 Å². The summed E-state index contributed by atoms with van der Waals surface area (Å²) < 4.78 is 0. The van der Waals surface area contributed by atoms with Crippen LogP contribution in [0.15, 0.2) is 18.3 Å². The van der Waals surface area contributed by atoms with E-state index in [1.165, 1.54) is 0 Å². The number of H-pyrrole nitrogens is 1. The third-order valence-corrected chi connectivity index (χ3v) is 3.32. The number of amides is 1. The number of nitrogens with one attached hydrogen (secondary N) is 1. The van der Waals surface area contributed by atoms with Crippen LogP contribution in [-0.2, 0) is 4.79 Å². The van der Waals surface area contributed by atoms with Gasteiger partial charge in [-0.15, -0.1) is 0 Å². The lowest BCUT2D eigenvalue weighted by atomic mass is 9.86.